The molecule has 1 fully saturated rings. The number of amides is 1. The standard InChI is InChI=1S/C23H27N7O/c1-3-29-19(12-15-7-5-9-25-20(15)29)22-27-18-11-16(13-26-21(18)30(22)4-2)23(31)28-10-6-8-17(24)14-28/h5,7,9,11-13,17H,3-4,6,8,10,14,24H2,1-2H3/t17-/m1/s1. The van der Waals surface area contributed by atoms with E-state index in [1.807, 2.05) is 23.2 Å². The molecule has 1 saturated heterocycles. The van der Waals surface area contributed by atoms with Crippen LogP contribution in [0.4, 0.5) is 0 Å². The number of aryl methyl sites for hydroxylation is 2. The number of nitrogens with two attached hydrogens (primary N) is 1. The summed E-state index contributed by atoms with van der Waals surface area (Å²) < 4.78 is 4.27. The number of rotatable bonds is 4. The number of fused-ring (bicyclic) bond motifs is 2. The van der Waals surface area contributed by atoms with Crippen LogP contribution in [0.3, 0.4) is 0 Å². The fourth-order valence-electron chi connectivity index (χ4n) is 4.59. The Balaban J connectivity index is 1.60. The molecular weight excluding hydrogens is 390 g/mol. The van der Waals surface area contributed by atoms with Gasteiger partial charge < -0.3 is 19.8 Å². The van der Waals surface area contributed by atoms with Gasteiger partial charge in [-0.2, -0.15) is 0 Å². The lowest BCUT2D eigenvalue weighted by atomic mass is 10.1. The molecule has 0 unspecified atom stereocenters. The van der Waals surface area contributed by atoms with E-state index in [0.717, 1.165) is 66.2 Å². The van der Waals surface area contributed by atoms with E-state index >= 15 is 0 Å². The number of hydrogen-bond acceptors (Lipinski definition) is 5. The quantitative estimate of drug-likeness (QED) is 0.551. The average molecular weight is 418 g/mol. The van der Waals surface area contributed by atoms with Crippen LogP contribution in [0.25, 0.3) is 33.7 Å². The molecule has 2 N–H and O–H groups in total. The van der Waals surface area contributed by atoms with Crippen LogP contribution in [0.2, 0.25) is 0 Å². The molecule has 1 atom stereocenters. The number of carbonyl (C=O) groups excluding carboxylic acids is 1. The van der Waals surface area contributed by atoms with Crippen molar-refractivity contribution < 1.29 is 4.79 Å². The van der Waals surface area contributed by atoms with E-state index in [2.05, 4.69) is 45.1 Å². The van der Waals surface area contributed by atoms with E-state index in [9.17, 15) is 4.79 Å². The van der Waals surface area contributed by atoms with Gasteiger partial charge in [0.15, 0.2) is 11.5 Å². The van der Waals surface area contributed by atoms with Crippen LogP contribution < -0.4 is 5.73 Å². The monoisotopic (exact) mass is 417 g/mol. The molecule has 4 aromatic heterocycles. The second-order valence-electron chi connectivity index (χ2n) is 8.09. The van der Waals surface area contributed by atoms with Crippen LogP contribution in [-0.4, -0.2) is 54.0 Å². The summed E-state index contributed by atoms with van der Waals surface area (Å²) >= 11 is 0. The summed E-state index contributed by atoms with van der Waals surface area (Å²) in [5, 5.41) is 1.08. The van der Waals surface area contributed by atoms with Crippen LogP contribution in [-0.2, 0) is 13.1 Å². The first kappa shape index (κ1) is 19.7. The lowest BCUT2D eigenvalue weighted by molar-refractivity contribution is 0.0708. The van der Waals surface area contributed by atoms with Gasteiger partial charge in [0.25, 0.3) is 5.91 Å². The van der Waals surface area contributed by atoms with Gasteiger partial charge >= 0.3 is 0 Å². The van der Waals surface area contributed by atoms with Crippen LogP contribution in [0.1, 0.15) is 37.0 Å². The largest absolute Gasteiger partial charge is 0.337 e. The Hall–Kier alpha value is -3.26. The van der Waals surface area contributed by atoms with E-state index < -0.39 is 0 Å². The Bertz CT molecular complexity index is 1270. The highest BCUT2D eigenvalue weighted by Crippen LogP contribution is 2.29. The van der Waals surface area contributed by atoms with E-state index in [-0.39, 0.29) is 11.9 Å². The third kappa shape index (κ3) is 3.27. The summed E-state index contributed by atoms with van der Waals surface area (Å²) in [7, 11) is 0. The average Bonchev–Trinajstić information content (AvgIpc) is 3.35. The molecule has 1 amide bonds. The van der Waals surface area contributed by atoms with Crippen molar-refractivity contribution in [3.63, 3.8) is 0 Å². The lowest BCUT2D eigenvalue weighted by Crippen LogP contribution is -2.45. The topological polar surface area (TPSA) is 94.9 Å². The predicted octanol–water partition coefficient (Wildman–Crippen LogP) is 3.05. The number of imidazole rings is 1. The molecule has 160 valence electrons. The Labute approximate surface area is 180 Å². The highest BCUT2D eigenvalue weighted by atomic mass is 16.2. The number of carbonyl (C=O) groups is 1. The summed E-state index contributed by atoms with van der Waals surface area (Å²) in [5.74, 6) is 0.818. The zero-order valence-corrected chi connectivity index (χ0v) is 18.0. The van der Waals surface area contributed by atoms with E-state index in [0.29, 0.717) is 12.1 Å². The molecule has 8 nitrogen and oxygen atoms in total. The number of hydrogen-bond donors (Lipinski definition) is 1. The molecule has 0 aliphatic carbocycles. The first-order valence-corrected chi connectivity index (χ1v) is 11.0. The summed E-state index contributed by atoms with van der Waals surface area (Å²) in [5.41, 5.74) is 10.1. The van der Waals surface area contributed by atoms with Crippen LogP contribution >= 0.6 is 0 Å². The first-order valence-electron chi connectivity index (χ1n) is 11.0. The van der Waals surface area contributed by atoms with Crippen molar-refractivity contribution in [3.05, 3.63) is 42.2 Å². The third-order valence-corrected chi connectivity index (χ3v) is 6.09. The number of piperidine rings is 1. The molecule has 1 aliphatic heterocycles. The molecular formula is C23H27N7O. The fourth-order valence-corrected chi connectivity index (χ4v) is 4.59. The summed E-state index contributed by atoms with van der Waals surface area (Å²) in [6.07, 6.45) is 5.38. The van der Waals surface area contributed by atoms with Gasteiger partial charge in [-0.3, -0.25) is 4.79 Å². The molecule has 8 heteroatoms. The van der Waals surface area contributed by atoms with Crippen molar-refractivity contribution >= 4 is 28.1 Å². The van der Waals surface area contributed by atoms with Gasteiger partial charge in [0.1, 0.15) is 11.2 Å². The second kappa shape index (κ2) is 7.77. The van der Waals surface area contributed by atoms with Crippen LogP contribution in [0.15, 0.2) is 36.7 Å². The molecule has 0 spiro atoms. The van der Waals surface area contributed by atoms with Gasteiger partial charge in [0.2, 0.25) is 0 Å². The number of likely N-dealkylation sites (tertiary alicyclic amines) is 1. The molecule has 0 aromatic carbocycles. The zero-order valence-electron chi connectivity index (χ0n) is 18.0. The van der Waals surface area contributed by atoms with Gasteiger partial charge in [-0.1, -0.05) is 0 Å². The van der Waals surface area contributed by atoms with E-state index in [1.165, 1.54) is 0 Å². The number of nitrogens with zero attached hydrogens (tertiary/aromatic N) is 6. The summed E-state index contributed by atoms with van der Waals surface area (Å²) in [4.78, 5) is 29.0. The first-order chi connectivity index (χ1) is 15.1. The molecule has 4 aromatic rings. The second-order valence-corrected chi connectivity index (χ2v) is 8.09. The van der Waals surface area contributed by atoms with E-state index in [4.69, 9.17) is 10.7 Å². The van der Waals surface area contributed by atoms with Crippen molar-refractivity contribution in [1.82, 2.24) is 29.0 Å². The van der Waals surface area contributed by atoms with Gasteiger partial charge in [-0.25, -0.2) is 15.0 Å². The minimum Gasteiger partial charge on any atom is -0.337 e. The Morgan fingerprint density at radius 3 is 2.77 bits per heavy atom. The SMILES string of the molecule is CCn1c(-c2nc3cc(C(=O)N4CCC[C@@H](N)C4)cnc3n2CC)cc2cccnc21. The number of aromatic nitrogens is 5. The Morgan fingerprint density at radius 1 is 1.16 bits per heavy atom. The van der Waals surface area contributed by atoms with Crippen LogP contribution in [0, 0.1) is 0 Å². The highest BCUT2D eigenvalue weighted by molar-refractivity contribution is 5.97. The van der Waals surface area contributed by atoms with Crippen molar-refractivity contribution in [2.45, 2.75) is 45.8 Å². The molecule has 0 bridgehead atoms. The van der Waals surface area contributed by atoms with Crippen molar-refractivity contribution in [2.24, 2.45) is 5.73 Å². The van der Waals surface area contributed by atoms with Gasteiger partial charge in [-0.15, -0.1) is 0 Å². The lowest BCUT2D eigenvalue weighted by Gasteiger charge is -2.30. The van der Waals surface area contributed by atoms with Gasteiger partial charge in [0, 0.05) is 50.0 Å². The van der Waals surface area contributed by atoms with Gasteiger partial charge in [0.05, 0.1) is 11.3 Å². The van der Waals surface area contributed by atoms with Gasteiger partial charge in [-0.05, 0) is 51.0 Å². The van der Waals surface area contributed by atoms with E-state index in [1.54, 1.807) is 6.20 Å². The molecule has 5 rings (SSSR count). The Morgan fingerprint density at radius 2 is 2.00 bits per heavy atom. The highest BCUT2D eigenvalue weighted by Gasteiger charge is 2.24. The fraction of sp³-hybridized carbons (Fsp3) is 0.391. The summed E-state index contributed by atoms with van der Waals surface area (Å²) in [6, 6.07) is 8.04. The zero-order chi connectivity index (χ0) is 21.5. The molecule has 0 radical (unpaired) electrons. The maximum Gasteiger partial charge on any atom is 0.255 e. The van der Waals surface area contributed by atoms with Crippen molar-refractivity contribution in [1.29, 1.82) is 0 Å². The normalized spacial score (nSPS) is 17.0. The molecule has 31 heavy (non-hydrogen) atoms. The van der Waals surface area contributed by atoms with Crippen molar-refractivity contribution in [3.8, 4) is 11.5 Å². The maximum atomic E-state index is 13.0. The minimum atomic E-state index is -0.0241. The number of pyridine rings is 2. The third-order valence-electron chi connectivity index (χ3n) is 6.09. The smallest absolute Gasteiger partial charge is 0.255 e. The molecule has 5 heterocycles. The molecule has 1 aliphatic rings. The predicted molar refractivity (Wildman–Crippen MR) is 121 cm³/mol. The molecule has 0 saturated carbocycles. The minimum absolute atomic E-state index is 0.0241. The van der Waals surface area contributed by atoms with Crippen LogP contribution in [0.5, 0.6) is 0 Å². The maximum absolute atomic E-state index is 13.0. The van der Waals surface area contributed by atoms with Crippen molar-refractivity contribution in [2.75, 3.05) is 13.1 Å². The summed E-state index contributed by atoms with van der Waals surface area (Å²) in [6.45, 7) is 7.03. The Kier molecular flexibility index (Phi) is 4.94.